The van der Waals surface area contributed by atoms with Gasteiger partial charge in [0.05, 0.1) is 12.6 Å². The maximum absolute atomic E-state index is 11.9. The van der Waals surface area contributed by atoms with Crippen LogP contribution in [0.2, 0.25) is 0 Å². The Morgan fingerprint density at radius 2 is 2.00 bits per heavy atom. The first-order valence-electron chi connectivity index (χ1n) is 6.70. The minimum Gasteiger partial charge on any atom is -0.348 e. The molecular weight excluding hydrogens is 341 g/mol. The number of aryl methyl sites for hydroxylation is 1. The number of nitrogens with one attached hydrogen (secondary N) is 1. The lowest BCUT2D eigenvalue weighted by Crippen LogP contribution is -2.41. The molecule has 0 aliphatic heterocycles. The van der Waals surface area contributed by atoms with Crippen molar-refractivity contribution in [3.63, 3.8) is 0 Å². The number of hydrogen-bond donors (Lipinski definition) is 2. The lowest BCUT2D eigenvalue weighted by molar-refractivity contribution is -0.122. The largest absolute Gasteiger partial charge is 0.348 e. The number of carbonyl (C=O) groups excluding carboxylic acids is 1. The second-order valence-electron chi connectivity index (χ2n) is 4.59. The average Bonchev–Trinajstić information content (AvgIpc) is 2.93. The highest BCUT2D eigenvalue weighted by molar-refractivity contribution is 7.11. The van der Waals surface area contributed by atoms with E-state index in [-0.39, 0.29) is 30.7 Å². The maximum atomic E-state index is 11.9. The SMILES string of the molecule is CCc1cnc(CNC(=O)[C@@H](N)Cc2ccccc2)s1.Cl.Cl. The van der Waals surface area contributed by atoms with Gasteiger partial charge in [0.2, 0.25) is 5.91 Å². The molecule has 22 heavy (non-hydrogen) atoms. The van der Waals surface area contributed by atoms with E-state index in [1.165, 1.54) is 4.88 Å². The molecule has 0 aliphatic carbocycles. The third kappa shape index (κ3) is 6.32. The summed E-state index contributed by atoms with van der Waals surface area (Å²) in [6.07, 6.45) is 3.37. The topological polar surface area (TPSA) is 68.0 Å². The summed E-state index contributed by atoms with van der Waals surface area (Å²) in [4.78, 5) is 17.4. The second kappa shape index (κ2) is 10.6. The van der Waals surface area contributed by atoms with Crippen LogP contribution in [-0.4, -0.2) is 16.9 Å². The maximum Gasteiger partial charge on any atom is 0.237 e. The van der Waals surface area contributed by atoms with E-state index in [1.807, 2.05) is 36.5 Å². The van der Waals surface area contributed by atoms with Gasteiger partial charge < -0.3 is 11.1 Å². The smallest absolute Gasteiger partial charge is 0.237 e. The third-order valence-corrected chi connectivity index (χ3v) is 4.14. The summed E-state index contributed by atoms with van der Waals surface area (Å²) in [5, 5.41) is 3.76. The number of halogens is 2. The molecule has 2 rings (SSSR count). The van der Waals surface area contributed by atoms with Crippen molar-refractivity contribution >= 4 is 42.1 Å². The van der Waals surface area contributed by atoms with Crippen LogP contribution in [0.1, 0.15) is 22.4 Å². The minimum absolute atomic E-state index is 0. The summed E-state index contributed by atoms with van der Waals surface area (Å²) in [7, 11) is 0. The molecule has 1 amide bonds. The molecule has 122 valence electrons. The molecule has 2 aromatic rings. The Kier molecular flexibility index (Phi) is 10.0. The van der Waals surface area contributed by atoms with Gasteiger partial charge in [-0.3, -0.25) is 4.79 Å². The van der Waals surface area contributed by atoms with Gasteiger partial charge in [-0.2, -0.15) is 0 Å². The van der Waals surface area contributed by atoms with Gasteiger partial charge in [0.25, 0.3) is 0 Å². The number of carbonyl (C=O) groups is 1. The molecule has 1 aromatic heterocycles. The van der Waals surface area contributed by atoms with Gasteiger partial charge in [-0.1, -0.05) is 37.3 Å². The molecule has 3 N–H and O–H groups in total. The Hall–Kier alpha value is -1.14. The zero-order valence-corrected chi connectivity index (χ0v) is 14.8. The van der Waals surface area contributed by atoms with Gasteiger partial charge in [-0.15, -0.1) is 36.2 Å². The van der Waals surface area contributed by atoms with Crippen LogP contribution in [0.4, 0.5) is 0 Å². The number of hydrogen-bond acceptors (Lipinski definition) is 4. The molecule has 0 radical (unpaired) electrons. The fourth-order valence-electron chi connectivity index (χ4n) is 1.85. The van der Waals surface area contributed by atoms with E-state index in [0.29, 0.717) is 13.0 Å². The minimum atomic E-state index is -0.525. The van der Waals surface area contributed by atoms with Crippen molar-refractivity contribution in [1.82, 2.24) is 10.3 Å². The first-order chi connectivity index (χ1) is 9.69. The molecule has 1 heterocycles. The van der Waals surface area contributed by atoms with Crippen LogP contribution in [0, 0.1) is 0 Å². The quantitative estimate of drug-likeness (QED) is 0.830. The van der Waals surface area contributed by atoms with Crippen LogP contribution in [-0.2, 0) is 24.2 Å². The highest BCUT2D eigenvalue weighted by atomic mass is 35.5. The predicted molar refractivity (Wildman–Crippen MR) is 96.0 cm³/mol. The highest BCUT2D eigenvalue weighted by Crippen LogP contribution is 2.12. The van der Waals surface area contributed by atoms with Crippen LogP contribution in [0.15, 0.2) is 36.5 Å². The van der Waals surface area contributed by atoms with Gasteiger partial charge in [-0.05, 0) is 18.4 Å². The second-order valence-corrected chi connectivity index (χ2v) is 5.79. The Bertz CT molecular complexity index is 563. The molecule has 0 bridgehead atoms. The Balaban J connectivity index is 0.00000220. The number of nitrogens with zero attached hydrogens (tertiary/aromatic N) is 1. The number of nitrogens with two attached hydrogens (primary N) is 1. The van der Waals surface area contributed by atoms with Gasteiger partial charge in [-0.25, -0.2) is 4.98 Å². The number of benzene rings is 1. The number of amides is 1. The fourth-order valence-corrected chi connectivity index (χ4v) is 2.65. The van der Waals surface area contributed by atoms with Crippen molar-refractivity contribution in [2.75, 3.05) is 0 Å². The monoisotopic (exact) mass is 361 g/mol. The molecule has 0 unspecified atom stereocenters. The molecule has 0 saturated carbocycles. The van der Waals surface area contributed by atoms with Crippen molar-refractivity contribution in [3.05, 3.63) is 52.0 Å². The number of thiazole rings is 1. The van der Waals surface area contributed by atoms with Crippen molar-refractivity contribution in [1.29, 1.82) is 0 Å². The summed E-state index contributed by atoms with van der Waals surface area (Å²) < 4.78 is 0. The van der Waals surface area contributed by atoms with Gasteiger partial charge in [0, 0.05) is 11.1 Å². The highest BCUT2D eigenvalue weighted by Gasteiger charge is 2.14. The van der Waals surface area contributed by atoms with Crippen molar-refractivity contribution in [2.45, 2.75) is 32.4 Å². The molecule has 0 aliphatic rings. The zero-order chi connectivity index (χ0) is 14.4. The molecule has 1 atom stereocenters. The molecule has 0 fully saturated rings. The first kappa shape index (κ1) is 20.9. The Morgan fingerprint density at radius 3 is 2.59 bits per heavy atom. The molecule has 0 saturated heterocycles. The van der Waals surface area contributed by atoms with Crippen LogP contribution in [0.5, 0.6) is 0 Å². The van der Waals surface area contributed by atoms with Crippen molar-refractivity contribution < 1.29 is 4.79 Å². The lowest BCUT2D eigenvalue weighted by Gasteiger charge is -2.11. The van der Waals surface area contributed by atoms with E-state index >= 15 is 0 Å². The molecule has 4 nitrogen and oxygen atoms in total. The molecule has 7 heteroatoms. The van der Waals surface area contributed by atoms with Gasteiger partial charge in [0.15, 0.2) is 0 Å². The molecular formula is C15H21Cl2N3OS. The van der Waals surface area contributed by atoms with Gasteiger partial charge >= 0.3 is 0 Å². The van der Waals surface area contributed by atoms with Crippen molar-refractivity contribution in [2.24, 2.45) is 5.73 Å². The normalized spacial score (nSPS) is 11.0. The first-order valence-corrected chi connectivity index (χ1v) is 7.51. The fraction of sp³-hybridized carbons (Fsp3) is 0.333. The van der Waals surface area contributed by atoms with E-state index in [2.05, 4.69) is 17.2 Å². The predicted octanol–water partition coefficient (Wildman–Crippen LogP) is 2.74. The number of aromatic nitrogens is 1. The van der Waals surface area contributed by atoms with Crippen LogP contribution >= 0.6 is 36.2 Å². The zero-order valence-electron chi connectivity index (χ0n) is 12.3. The standard InChI is InChI=1S/C15H19N3OS.2ClH/c1-2-12-9-17-14(20-12)10-18-15(19)13(16)8-11-6-4-3-5-7-11;;/h3-7,9,13H,2,8,10,16H2,1H3,(H,18,19);2*1H/t13-;;/m0../s1. The van der Waals surface area contributed by atoms with E-state index in [1.54, 1.807) is 11.3 Å². The van der Waals surface area contributed by atoms with E-state index < -0.39 is 6.04 Å². The van der Waals surface area contributed by atoms with Gasteiger partial charge in [0.1, 0.15) is 5.01 Å². The van der Waals surface area contributed by atoms with E-state index in [9.17, 15) is 4.79 Å². The lowest BCUT2D eigenvalue weighted by atomic mass is 10.1. The summed E-state index contributed by atoms with van der Waals surface area (Å²) in [5.41, 5.74) is 6.98. The van der Waals surface area contributed by atoms with Crippen LogP contribution in [0.25, 0.3) is 0 Å². The Labute approximate surface area is 147 Å². The Morgan fingerprint density at radius 1 is 1.32 bits per heavy atom. The third-order valence-electron chi connectivity index (χ3n) is 3.00. The summed E-state index contributed by atoms with van der Waals surface area (Å²) in [6, 6.07) is 9.26. The molecule has 1 aromatic carbocycles. The molecule has 0 spiro atoms. The average molecular weight is 362 g/mol. The van der Waals surface area contributed by atoms with Crippen molar-refractivity contribution in [3.8, 4) is 0 Å². The van der Waals surface area contributed by atoms with Crippen LogP contribution in [0.3, 0.4) is 0 Å². The van der Waals surface area contributed by atoms with E-state index in [0.717, 1.165) is 17.0 Å². The summed E-state index contributed by atoms with van der Waals surface area (Å²) in [6.45, 7) is 2.54. The van der Waals surface area contributed by atoms with E-state index in [4.69, 9.17) is 5.73 Å². The van der Waals surface area contributed by atoms with Crippen LogP contribution < -0.4 is 11.1 Å². The summed E-state index contributed by atoms with van der Waals surface area (Å²) >= 11 is 1.62. The summed E-state index contributed by atoms with van der Waals surface area (Å²) in [5.74, 6) is -0.137. The number of rotatable bonds is 6.